The van der Waals surface area contributed by atoms with Gasteiger partial charge in [0.05, 0.1) is 6.04 Å². The summed E-state index contributed by atoms with van der Waals surface area (Å²) in [7, 11) is 0. The highest BCUT2D eigenvalue weighted by Gasteiger charge is 2.33. The molecule has 0 aromatic heterocycles. The number of hydrogen-bond donors (Lipinski definition) is 1. The van der Waals surface area contributed by atoms with Crippen LogP contribution < -0.4 is 5.32 Å². The third-order valence-electron chi connectivity index (χ3n) is 3.98. The van der Waals surface area contributed by atoms with Crippen LogP contribution in [0.5, 0.6) is 0 Å². The van der Waals surface area contributed by atoms with E-state index in [-0.39, 0.29) is 6.04 Å². The lowest BCUT2D eigenvalue weighted by Crippen LogP contribution is -2.38. The van der Waals surface area contributed by atoms with Crippen LogP contribution in [0.2, 0.25) is 0 Å². The Hall–Kier alpha value is -0.370. The summed E-state index contributed by atoms with van der Waals surface area (Å²) in [6.07, 6.45) is 5.80. The van der Waals surface area contributed by atoms with Crippen molar-refractivity contribution in [1.29, 1.82) is 0 Å². The van der Waals surface area contributed by atoms with Gasteiger partial charge in [0, 0.05) is 5.92 Å². The molecule has 86 valence electrons. The fourth-order valence-electron chi connectivity index (χ4n) is 3.39. The van der Waals surface area contributed by atoms with Gasteiger partial charge in [-0.1, -0.05) is 13.8 Å². The largest absolute Gasteiger partial charge is 0.307 e. The Balaban J connectivity index is 1.93. The SMILES string of the molecule is CC1CC(C)CC(C(=O)C2CCCN2)C1. The average molecular weight is 209 g/mol. The van der Waals surface area contributed by atoms with Crippen molar-refractivity contribution < 1.29 is 4.79 Å². The van der Waals surface area contributed by atoms with E-state index in [4.69, 9.17) is 0 Å². The molecule has 1 saturated heterocycles. The summed E-state index contributed by atoms with van der Waals surface area (Å²) in [5.74, 6) is 2.33. The third kappa shape index (κ3) is 2.60. The topological polar surface area (TPSA) is 29.1 Å². The van der Waals surface area contributed by atoms with E-state index in [1.54, 1.807) is 0 Å². The first-order valence-corrected chi connectivity index (χ1v) is 6.44. The van der Waals surface area contributed by atoms with Crippen molar-refractivity contribution >= 4 is 5.78 Å². The van der Waals surface area contributed by atoms with Gasteiger partial charge in [0.25, 0.3) is 0 Å². The zero-order chi connectivity index (χ0) is 10.8. The number of hydrogen-bond acceptors (Lipinski definition) is 2. The fraction of sp³-hybridized carbons (Fsp3) is 0.923. The summed E-state index contributed by atoms with van der Waals surface area (Å²) >= 11 is 0. The molecule has 0 amide bonds. The molecule has 2 fully saturated rings. The number of rotatable bonds is 2. The van der Waals surface area contributed by atoms with Crippen LogP contribution in [-0.2, 0) is 4.79 Å². The minimum absolute atomic E-state index is 0.187. The van der Waals surface area contributed by atoms with Gasteiger partial charge in [-0.25, -0.2) is 0 Å². The quantitative estimate of drug-likeness (QED) is 0.756. The molecule has 0 aromatic carbocycles. The predicted molar refractivity (Wildman–Crippen MR) is 61.7 cm³/mol. The summed E-state index contributed by atoms with van der Waals surface area (Å²) < 4.78 is 0. The minimum atomic E-state index is 0.187. The Kier molecular flexibility index (Phi) is 3.45. The molecule has 0 radical (unpaired) electrons. The van der Waals surface area contributed by atoms with Gasteiger partial charge in [0.15, 0.2) is 5.78 Å². The first-order chi connectivity index (χ1) is 7.16. The lowest BCUT2D eigenvalue weighted by Gasteiger charge is -2.31. The first-order valence-electron chi connectivity index (χ1n) is 6.44. The molecule has 1 heterocycles. The Morgan fingerprint density at radius 3 is 2.33 bits per heavy atom. The van der Waals surface area contributed by atoms with Crippen molar-refractivity contribution in [3.63, 3.8) is 0 Å². The van der Waals surface area contributed by atoms with E-state index in [9.17, 15) is 4.79 Å². The lowest BCUT2D eigenvalue weighted by atomic mass is 9.74. The standard InChI is InChI=1S/C13H23NO/c1-9-6-10(2)8-11(7-9)13(15)12-4-3-5-14-12/h9-12,14H,3-8H2,1-2H3. The second-order valence-electron chi connectivity index (χ2n) is 5.67. The Labute approximate surface area is 92.8 Å². The van der Waals surface area contributed by atoms with Gasteiger partial charge in [-0.2, -0.15) is 0 Å². The summed E-state index contributed by atoms with van der Waals surface area (Å²) in [6.45, 7) is 5.62. The van der Waals surface area contributed by atoms with Crippen LogP contribution in [0.25, 0.3) is 0 Å². The van der Waals surface area contributed by atoms with Crippen LogP contribution in [0.4, 0.5) is 0 Å². The maximum absolute atomic E-state index is 12.2. The Morgan fingerprint density at radius 2 is 1.80 bits per heavy atom. The van der Waals surface area contributed by atoms with Crippen LogP contribution in [-0.4, -0.2) is 18.4 Å². The number of nitrogens with one attached hydrogen (secondary N) is 1. The number of carbonyl (C=O) groups excluding carboxylic acids is 1. The van der Waals surface area contributed by atoms with Crippen molar-refractivity contribution in [2.24, 2.45) is 17.8 Å². The molecule has 2 nitrogen and oxygen atoms in total. The highest BCUT2D eigenvalue weighted by molar-refractivity contribution is 5.86. The molecule has 3 atom stereocenters. The molecule has 3 unspecified atom stereocenters. The van der Waals surface area contributed by atoms with Crippen LogP contribution in [0.15, 0.2) is 0 Å². The normalized spacial score (nSPS) is 41.7. The summed E-state index contributed by atoms with van der Waals surface area (Å²) in [5, 5.41) is 3.33. The summed E-state index contributed by atoms with van der Waals surface area (Å²) in [6, 6.07) is 0.187. The first kappa shape index (κ1) is 11.1. The van der Waals surface area contributed by atoms with E-state index in [1.807, 2.05) is 0 Å². The van der Waals surface area contributed by atoms with Crippen molar-refractivity contribution in [1.82, 2.24) is 5.32 Å². The minimum Gasteiger partial charge on any atom is -0.307 e. The molecule has 1 aliphatic carbocycles. The van der Waals surface area contributed by atoms with E-state index in [2.05, 4.69) is 19.2 Å². The molecule has 0 spiro atoms. The monoisotopic (exact) mass is 209 g/mol. The number of Topliss-reactive ketones (excluding diaryl/α,β-unsaturated/α-hetero) is 1. The van der Waals surface area contributed by atoms with E-state index in [1.165, 1.54) is 12.8 Å². The lowest BCUT2D eigenvalue weighted by molar-refractivity contribution is -0.126. The van der Waals surface area contributed by atoms with Gasteiger partial charge < -0.3 is 5.32 Å². The van der Waals surface area contributed by atoms with Crippen molar-refractivity contribution in [3.8, 4) is 0 Å². The summed E-state index contributed by atoms with van der Waals surface area (Å²) in [5.41, 5.74) is 0. The number of carbonyl (C=O) groups is 1. The fourth-order valence-corrected chi connectivity index (χ4v) is 3.39. The van der Waals surface area contributed by atoms with Crippen LogP contribution in [0.1, 0.15) is 46.0 Å². The molecule has 2 rings (SSSR count). The molecule has 1 aliphatic heterocycles. The molecule has 2 aliphatic rings. The van der Waals surface area contributed by atoms with E-state index < -0.39 is 0 Å². The number of ketones is 1. The van der Waals surface area contributed by atoms with Gasteiger partial charge >= 0.3 is 0 Å². The van der Waals surface area contributed by atoms with E-state index >= 15 is 0 Å². The maximum Gasteiger partial charge on any atom is 0.152 e. The molecule has 2 heteroatoms. The van der Waals surface area contributed by atoms with Crippen molar-refractivity contribution in [2.45, 2.75) is 52.0 Å². The third-order valence-corrected chi connectivity index (χ3v) is 3.98. The Morgan fingerprint density at radius 1 is 1.13 bits per heavy atom. The van der Waals surface area contributed by atoms with Gasteiger partial charge in [-0.05, 0) is 50.5 Å². The molecule has 1 saturated carbocycles. The molecule has 15 heavy (non-hydrogen) atoms. The van der Waals surface area contributed by atoms with Gasteiger partial charge in [-0.3, -0.25) is 4.79 Å². The van der Waals surface area contributed by atoms with E-state index in [0.29, 0.717) is 11.7 Å². The van der Waals surface area contributed by atoms with Gasteiger partial charge in [-0.15, -0.1) is 0 Å². The molecular formula is C13H23NO. The highest BCUT2D eigenvalue weighted by Crippen LogP contribution is 2.34. The summed E-state index contributed by atoms with van der Waals surface area (Å²) in [4.78, 5) is 12.2. The van der Waals surface area contributed by atoms with Crippen molar-refractivity contribution in [3.05, 3.63) is 0 Å². The molecule has 1 N–H and O–H groups in total. The molecule has 0 bridgehead atoms. The smallest absolute Gasteiger partial charge is 0.152 e. The highest BCUT2D eigenvalue weighted by atomic mass is 16.1. The van der Waals surface area contributed by atoms with Crippen LogP contribution in [0.3, 0.4) is 0 Å². The molecular weight excluding hydrogens is 186 g/mol. The van der Waals surface area contributed by atoms with Crippen LogP contribution >= 0.6 is 0 Å². The Bertz CT molecular complexity index is 223. The van der Waals surface area contributed by atoms with Crippen molar-refractivity contribution in [2.75, 3.05) is 6.54 Å². The predicted octanol–water partition coefficient (Wildman–Crippen LogP) is 2.38. The van der Waals surface area contributed by atoms with Gasteiger partial charge in [0.2, 0.25) is 0 Å². The zero-order valence-corrected chi connectivity index (χ0v) is 9.96. The zero-order valence-electron chi connectivity index (χ0n) is 9.96. The van der Waals surface area contributed by atoms with E-state index in [0.717, 1.165) is 37.6 Å². The second-order valence-corrected chi connectivity index (χ2v) is 5.67. The average Bonchev–Trinajstić information content (AvgIpc) is 2.67. The maximum atomic E-state index is 12.2. The van der Waals surface area contributed by atoms with Gasteiger partial charge in [0.1, 0.15) is 0 Å². The second kappa shape index (κ2) is 4.65. The molecule has 0 aromatic rings. The van der Waals surface area contributed by atoms with Crippen LogP contribution in [0, 0.1) is 17.8 Å².